The van der Waals surface area contributed by atoms with E-state index in [2.05, 4.69) is 29.0 Å². The van der Waals surface area contributed by atoms with Crippen LogP contribution in [0.3, 0.4) is 0 Å². The predicted molar refractivity (Wildman–Crippen MR) is 91.6 cm³/mol. The van der Waals surface area contributed by atoms with E-state index < -0.39 is 0 Å². The van der Waals surface area contributed by atoms with E-state index in [0.29, 0.717) is 24.6 Å². The fourth-order valence-electron chi connectivity index (χ4n) is 4.24. The number of nitrogens with one attached hydrogen (secondary N) is 1. The van der Waals surface area contributed by atoms with Crippen molar-refractivity contribution >= 4 is 11.8 Å². The van der Waals surface area contributed by atoms with Crippen molar-refractivity contribution in [3.05, 3.63) is 29.6 Å². The van der Waals surface area contributed by atoms with Gasteiger partial charge in [-0.25, -0.2) is 0 Å². The van der Waals surface area contributed by atoms with Crippen molar-refractivity contribution in [3.63, 3.8) is 0 Å². The molecule has 1 N–H and O–H groups in total. The summed E-state index contributed by atoms with van der Waals surface area (Å²) in [5.41, 5.74) is 1.64. The van der Waals surface area contributed by atoms with Crippen molar-refractivity contribution in [2.24, 2.45) is 5.92 Å². The van der Waals surface area contributed by atoms with Gasteiger partial charge in [0, 0.05) is 44.6 Å². The zero-order valence-electron chi connectivity index (χ0n) is 14.8. The van der Waals surface area contributed by atoms with Gasteiger partial charge in [0.15, 0.2) is 0 Å². The summed E-state index contributed by atoms with van der Waals surface area (Å²) in [6.07, 6.45) is 4.21. The van der Waals surface area contributed by atoms with E-state index >= 15 is 0 Å². The molecule has 6 nitrogen and oxygen atoms in total. The number of fused-ring (bicyclic) bond motifs is 1. The van der Waals surface area contributed by atoms with Crippen LogP contribution in [0.4, 0.5) is 0 Å². The molecule has 2 aliphatic rings. The lowest BCUT2D eigenvalue weighted by atomic mass is 10.0. The van der Waals surface area contributed by atoms with Crippen LogP contribution < -0.4 is 5.32 Å². The highest BCUT2D eigenvalue weighted by molar-refractivity contribution is 5.94. The number of likely N-dealkylation sites (N-methyl/N-ethyl adjacent to an activating group) is 1. The first-order valence-corrected chi connectivity index (χ1v) is 8.62. The van der Waals surface area contributed by atoms with Gasteiger partial charge in [0.05, 0.1) is 11.6 Å². The number of rotatable bonds is 3. The molecule has 0 saturated carbocycles. The minimum Gasteiger partial charge on any atom is -0.358 e. The van der Waals surface area contributed by atoms with Gasteiger partial charge >= 0.3 is 0 Å². The number of likely N-dealkylation sites (tertiary alicyclic amines) is 2. The van der Waals surface area contributed by atoms with Crippen LogP contribution in [0.25, 0.3) is 0 Å². The van der Waals surface area contributed by atoms with E-state index in [0.717, 1.165) is 12.0 Å². The number of aromatic nitrogens is 1. The smallest absolute Gasteiger partial charge is 0.255 e. The molecule has 24 heavy (non-hydrogen) atoms. The van der Waals surface area contributed by atoms with Gasteiger partial charge in [-0.1, -0.05) is 0 Å². The Hall–Kier alpha value is -1.95. The fourth-order valence-corrected chi connectivity index (χ4v) is 4.24. The van der Waals surface area contributed by atoms with E-state index in [4.69, 9.17) is 0 Å². The van der Waals surface area contributed by atoms with Crippen molar-refractivity contribution < 1.29 is 9.59 Å². The second kappa shape index (κ2) is 6.51. The lowest BCUT2D eigenvalue weighted by Gasteiger charge is -2.33. The monoisotopic (exact) mass is 330 g/mol. The molecule has 3 atom stereocenters. The van der Waals surface area contributed by atoms with Gasteiger partial charge in [0.25, 0.3) is 5.91 Å². The first-order chi connectivity index (χ1) is 11.4. The SMILES string of the molecule is CNC(=O)[C@@H]1C[C@H]2CN(C(=O)c3cncc(C)c3)C[C@H]2N1C(C)C. The van der Waals surface area contributed by atoms with Gasteiger partial charge in [0.2, 0.25) is 5.91 Å². The molecule has 3 heterocycles. The molecule has 3 rings (SSSR count). The Kier molecular flexibility index (Phi) is 4.58. The topological polar surface area (TPSA) is 65.5 Å². The quantitative estimate of drug-likeness (QED) is 0.900. The number of hydrogen-bond acceptors (Lipinski definition) is 4. The molecule has 6 heteroatoms. The molecule has 1 aromatic heterocycles. The van der Waals surface area contributed by atoms with Crippen molar-refractivity contribution in [1.29, 1.82) is 0 Å². The molecule has 0 bridgehead atoms. The zero-order valence-corrected chi connectivity index (χ0v) is 14.8. The number of carbonyl (C=O) groups is 2. The number of hydrogen-bond donors (Lipinski definition) is 1. The molecule has 2 saturated heterocycles. The van der Waals surface area contributed by atoms with Crippen LogP contribution in [-0.4, -0.2) is 64.9 Å². The van der Waals surface area contributed by atoms with E-state index in [1.807, 2.05) is 17.9 Å². The summed E-state index contributed by atoms with van der Waals surface area (Å²) < 4.78 is 0. The van der Waals surface area contributed by atoms with Crippen molar-refractivity contribution in [2.75, 3.05) is 20.1 Å². The maximum absolute atomic E-state index is 12.8. The summed E-state index contributed by atoms with van der Waals surface area (Å²) in [5, 5.41) is 2.78. The summed E-state index contributed by atoms with van der Waals surface area (Å²) in [6, 6.07) is 2.34. The van der Waals surface area contributed by atoms with Gasteiger partial charge in [-0.3, -0.25) is 19.5 Å². The summed E-state index contributed by atoms with van der Waals surface area (Å²) in [6.45, 7) is 7.58. The number of carbonyl (C=O) groups excluding carboxylic acids is 2. The molecule has 0 radical (unpaired) electrons. The normalized spacial score (nSPS) is 26.7. The zero-order chi connectivity index (χ0) is 17.4. The Morgan fingerprint density at radius 1 is 1.29 bits per heavy atom. The summed E-state index contributed by atoms with van der Waals surface area (Å²) in [5.74, 6) is 0.482. The first-order valence-electron chi connectivity index (χ1n) is 8.62. The van der Waals surface area contributed by atoms with Crippen LogP contribution in [0.5, 0.6) is 0 Å². The highest BCUT2D eigenvalue weighted by Gasteiger charge is 2.50. The molecule has 1 aromatic rings. The van der Waals surface area contributed by atoms with Gasteiger partial charge in [-0.15, -0.1) is 0 Å². The van der Waals surface area contributed by atoms with Crippen LogP contribution >= 0.6 is 0 Å². The van der Waals surface area contributed by atoms with Gasteiger partial charge in [-0.05, 0) is 44.7 Å². The van der Waals surface area contributed by atoms with E-state index in [1.165, 1.54) is 0 Å². The largest absolute Gasteiger partial charge is 0.358 e. The van der Waals surface area contributed by atoms with E-state index in [1.54, 1.807) is 19.4 Å². The van der Waals surface area contributed by atoms with Crippen LogP contribution in [0.15, 0.2) is 18.5 Å². The Morgan fingerprint density at radius 3 is 2.67 bits per heavy atom. The van der Waals surface area contributed by atoms with Crippen LogP contribution in [0.1, 0.15) is 36.2 Å². The molecule has 0 unspecified atom stereocenters. The molecule has 0 aromatic carbocycles. The third-order valence-corrected chi connectivity index (χ3v) is 5.23. The van der Waals surface area contributed by atoms with Gasteiger partial charge in [0.1, 0.15) is 0 Å². The maximum atomic E-state index is 12.8. The molecule has 2 aliphatic heterocycles. The molecule has 2 fully saturated rings. The molecule has 2 amide bonds. The second-order valence-electron chi connectivity index (χ2n) is 7.20. The van der Waals surface area contributed by atoms with Gasteiger partial charge in [-0.2, -0.15) is 0 Å². The Bertz CT molecular complexity index is 646. The predicted octanol–water partition coefficient (Wildman–Crippen LogP) is 1.06. The second-order valence-corrected chi connectivity index (χ2v) is 7.20. The van der Waals surface area contributed by atoms with Crippen LogP contribution in [0, 0.1) is 12.8 Å². The minimum atomic E-state index is -0.0807. The standard InChI is InChI=1S/C18H26N4O2/c1-11(2)22-15(17(23)19-4)6-14-9-21(10-16(14)22)18(24)13-5-12(3)7-20-8-13/h5,7-8,11,14-16H,6,9-10H2,1-4H3,(H,19,23)/t14-,15-,16+/m0/s1. The lowest BCUT2D eigenvalue weighted by Crippen LogP contribution is -2.50. The highest BCUT2D eigenvalue weighted by Crippen LogP contribution is 2.37. The molecular formula is C18H26N4O2. The molecular weight excluding hydrogens is 304 g/mol. The van der Waals surface area contributed by atoms with Crippen molar-refractivity contribution in [2.45, 2.75) is 45.3 Å². The highest BCUT2D eigenvalue weighted by atomic mass is 16.2. The summed E-state index contributed by atoms with van der Waals surface area (Å²) in [4.78, 5) is 33.3. The Labute approximate surface area is 143 Å². The third-order valence-electron chi connectivity index (χ3n) is 5.23. The average molecular weight is 330 g/mol. The summed E-state index contributed by atoms with van der Waals surface area (Å²) in [7, 11) is 1.69. The van der Waals surface area contributed by atoms with E-state index in [-0.39, 0.29) is 29.9 Å². The molecule has 0 spiro atoms. The minimum absolute atomic E-state index is 0.0424. The Balaban J connectivity index is 1.76. The van der Waals surface area contributed by atoms with Crippen molar-refractivity contribution in [3.8, 4) is 0 Å². The number of nitrogens with zero attached hydrogens (tertiary/aromatic N) is 3. The number of aryl methyl sites for hydroxylation is 1. The summed E-state index contributed by atoms with van der Waals surface area (Å²) >= 11 is 0. The van der Waals surface area contributed by atoms with Crippen LogP contribution in [0.2, 0.25) is 0 Å². The third kappa shape index (κ3) is 2.90. The molecule has 0 aliphatic carbocycles. The fraction of sp³-hybridized carbons (Fsp3) is 0.611. The molecule has 130 valence electrons. The van der Waals surface area contributed by atoms with Gasteiger partial charge < -0.3 is 10.2 Å². The maximum Gasteiger partial charge on any atom is 0.255 e. The Morgan fingerprint density at radius 2 is 2.04 bits per heavy atom. The lowest BCUT2D eigenvalue weighted by molar-refractivity contribution is -0.126. The number of pyridine rings is 1. The number of amides is 2. The van der Waals surface area contributed by atoms with Crippen LogP contribution in [-0.2, 0) is 4.79 Å². The van der Waals surface area contributed by atoms with E-state index in [9.17, 15) is 9.59 Å². The first kappa shape index (κ1) is 16.9. The van der Waals surface area contributed by atoms with Crippen molar-refractivity contribution in [1.82, 2.24) is 20.1 Å². The average Bonchev–Trinajstić information content (AvgIpc) is 3.10.